The number of nitrogens with one attached hydrogen (secondary N) is 2. The van der Waals surface area contributed by atoms with Gasteiger partial charge in [-0.25, -0.2) is 4.99 Å². The predicted octanol–water partition coefficient (Wildman–Crippen LogP) is -0.492. The molecule has 0 bridgehead atoms. The molecular formula is C9H15N3O. The van der Waals surface area contributed by atoms with Gasteiger partial charge in [0.1, 0.15) is 12.1 Å². The first-order chi connectivity index (χ1) is 6.43. The van der Waals surface area contributed by atoms with E-state index < -0.39 is 0 Å². The monoisotopic (exact) mass is 181 g/mol. The molecule has 0 amide bonds. The first-order valence-electron chi connectivity index (χ1n) is 5.12. The Bertz CT molecular complexity index is 235. The highest BCUT2D eigenvalue weighted by Gasteiger charge is 2.38. The van der Waals surface area contributed by atoms with Crippen LogP contribution in [-0.2, 0) is 4.74 Å². The molecule has 0 aromatic heterocycles. The molecule has 3 heterocycles. The maximum atomic E-state index is 5.79. The van der Waals surface area contributed by atoms with Crippen molar-refractivity contribution in [2.24, 2.45) is 4.99 Å². The molecule has 0 aromatic rings. The Kier molecular flexibility index (Phi) is 1.77. The number of nitrogens with zero attached hydrogens (tertiary/aromatic N) is 1. The van der Waals surface area contributed by atoms with E-state index in [9.17, 15) is 0 Å². The van der Waals surface area contributed by atoms with Crippen LogP contribution in [0.2, 0.25) is 0 Å². The van der Waals surface area contributed by atoms with Crippen LogP contribution in [0, 0.1) is 0 Å². The molecule has 3 atom stereocenters. The fraction of sp³-hybridized carbons (Fsp3) is 0.889. The summed E-state index contributed by atoms with van der Waals surface area (Å²) in [5.41, 5.74) is 0. The maximum Gasteiger partial charge on any atom is 0.201 e. The van der Waals surface area contributed by atoms with Crippen molar-refractivity contribution in [3.05, 3.63) is 0 Å². The zero-order valence-electron chi connectivity index (χ0n) is 7.62. The van der Waals surface area contributed by atoms with Gasteiger partial charge in [0.05, 0.1) is 6.04 Å². The summed E-state index contributed by atoms with van der Waals surface area (Å²) in [4.78, 5) is 4.60. The molecule has 0 radical (unpaired) electrons. The summed E-state index contributed by atoms with van der Waals surface area (Å²) in [5, 5.41) is 6.69. The molecule has 3 rings (SSSR count). The highest BCUT2D eigenvalue weighted by atomic mass is 16.5. The van der Waals surface area contributed by atoms with Crippen LogP contribution in [-0.4, -0.2) is 43.7 Å². The van der Waals surface area contributed by atoms with Crippen LogP contribution in [0.4, 0.5) is 0 Å². The first kappa shape index (κ1) is 7.76. The lowest BCUT2D eigenvalue weighted by atomic mass is 10.2. The van der Waals surface area contributed by atoms with Gasteiger partial charge in [0.2, 0.25) is 5.90 Å². The lowest BCUT2D eigenvalue weighted by Crippen LogP contribution is -2.33. The van der Waals surface area contributed by atoms with E-state index in [0.29, 0.717) is 18.2 Å². The molecule has 0 aliphatic carbocycles. The Morgan fingerprint density at radius 1 is 1.38 bits per heavy atom. The maximum absolute atomic E-state index is 5.79. The summed E-state index contributed by atoms with van der Waals surface area (Å²) in [6.07, 6.45) is 2.75. The fourth-order valence-corrected chi connectivity index (χ4v) is 2.31. The zero-order chi connectivity index (χ0) is 8.67. The Morgan fingerprint density at radius 3 is 3.15 bits per heavy atom. The lowest BCUT2D eigenvalue weighted by molar-refractivity contribution is 0.215. The first-order valence-corrected chi connectivity index (χ1v) is 5.12. The quantitative estimate of drug-likeness (QED) is 0.573. The predicted molar refractivity (Wildman–Crippen MR) is 50.0 cm³/mol. The smallest absolute Gasteiger partial charge is 0.201 e. The van der Waals surface area contributed by atoms with Gasteiger partial charge < -0.3 is 15.4 Å². The second-order valence-corrected chi connectivity index (χ2v) is 4.00. The van der Waals surface area contributed by atoms with Crippen LogP contribution in [0.15, 0.2) is 4.99 Å². The summed E-state index contributed by atoms with van der Waals surface area (Å²) in [6, 6.07) is 0.794. The number of ether oxygens (including phenoxy) is 1. The Balaban J connectivity index is 1.72. The largest absolute Gasteiger partial charge is 0.473 e. The normalized spacial score (nSPS) is 43.1. The molecule has 3 aliphatic rings. The van der Waals surface area contributed by atoms with E-state index in [0.717, 1.165) is 25.5 Å². The van der Waals surface area contributed by atoms with Gasteiger partial charge in [0, 0.05) is 13.1 Å². The van der Waals surface area contributed by atoms with Crippen LogP contribution in [0.3, 0.4) is 0 Å². The third-order valence-corrected chi connectivity index (χ3v) is 3.05. The van der Waals surface area contributed by atoms with Crippen molar-refractivity contribution in [3.63, 3.8) is 0 Å². The Morgan fingerprint density at radius 2 is 2.38 bits per heavy atom. The van der Waals surface area contributed by atoms with Gasteiger partial charge in [0.25, 0.3) is 0 Å². The summed E-state index contributed by atoms with van der Waals surface area (Å²) >= 11 is 0. The highest BCUT2D eigenvalue weighted by Crippen LogP contribution is 2.21. The summed E-state index contributed by atoms with van der Waals surface area (Å²) in [7, 11) is 0. The molecule has 4 heteroatoms. The van der Waals surface area contributed by atoms with E-state index in [1.165, 1.54) is 12.8 Å². The Hall–Kier alpha value is -0.610. The van der Waals surface area contributed by atoms with Crippen molar-refractivity contribution < 1.29 is 4.74 Å². The summed E-state index contributed by atoms with van der Waals surface area (Å²) < 4.78 is 5.79. The van der Waals surface area contributed by atoms with Gasteiger partial charge in [-0.15, -0.1) is 0 Å². The third kappa shape index (κ3) is 1.25. The molecule has 0 aromatic carbocycles. The molecule has 3 unspecified atom stereocenters. The SMILES string of the molecule is C1CNC(C2=NC3CNCC3O2)C1. The minimum atomic E-state index is 0.317. The molecule has 72 valence electrons. The second-order valence-electron chi connectivity index (χ2n) is 4.00. The van der Waals surface area contributed by atoms with Gasteiger partial charge in [-0.05, 0) is 19.4 Å². The van der Waals surface area contributed by atoms with Gasteiger partial charge in [-0.1, -0.05) is 0 Å². The minimum Gasteiger partial charge on any atom is -0.473 e. The standard InChI is InChI=1S/C9H15N3O/c1-2-6(11-3-1)9-12-7-4-10-5-8(7)13-9/h6-8,10-11H,1-5H2. The van der Waals surface area contributed by atoms with Gasteiger partial charge in [-0.3, -0.25) is 0 Å². The molecular weight excluding hydrogens is 166 g/mol. The summed E-state index contributed by atoms with van der Waals surface area (Å²) in [5.74, 6) is 0.967. The van der Waals surface area contributed by atoms with E-state index in [2.05, 4.69) is 15.6 Å². The zero-order valence-corrected chi connectivity index (χ0v) is 7.62. The third-order valence-electron chi connectivity index (χ3n) is 3.05. The Labute approximate surface area is 77.7 Å². The topological polar surface area (TPSA) is 45.7 Å². The van der Waals surface area contributed by atoms with Crippen molar-refractivity contribution in [2.75, 3.05) is 19.6 Å². The van der Waals surface area contributed by atoms with Gasteiger partial charge >= 0.3 is 0 Å². The second kappa shape index (κ2) is 2.96. The van der Waals surface area contributed by atoms with Crippen LogP contribution in [0.25, 0.3) is 0 Å². The van der Waals surface area contributed by atoms with Crippen LogP contribution in [0.5, 0.6) is 0 Å². The molecule has 3 aliphatic heterocycles. The molecule has 2 N–H and O–H groups in total. The summed E-state index contributed by atoms with van der Waals surface area (Å²) in [6.45, 7) is 3.06. The van der Waals surface area contributed by atoms with Crippen molar-refractivity contribution in [1.29, 1.82) is 0 Å². The van der Waals surface area contributed by atoms with Crippen LogP contribution < -0.4 is 10.6 Å². The van der Waals surface area contributed by atoms with E-state index in [-0.39, 0.29) is 0 Å². The van der Waals surface area contributed by atoms with E-state index >= 15 is 0 Å². The lowest BCUT2D eigenvalue weighted by Gasteiger charge is -2.12. The average molecular weight is 181 g/mol. The molecule has 13 heavy (non-hydrogen) atoms. The van der Waals surface area contributed by atoms with Crippen LogP contribution in [0.1, 0.15) is 12.8 Å². The van der Waals surface area contributed by atoms with E-state index in [1.54, 1.807) is 0 Å². The molecule has 0 saturated carbocycles. The molecule has 0 spiro atoms. The minimum absolute atomic E-state index is 0.317. The number of fused-ring (bicyclic) bond motifs is 1. The van der Waals surface area contributed by atoms with E-state index in [1.807, 2.05) is 0 Å². The van der Waals surface area contributed by atoms with Crippen LogP contribution >= 0.6 is 0 Å². The van der Waals surface area contributed by atoms with E-state index in [4.69, 9.17) is 4.74 Å². The fourth-order valence-electron chi connectivity index (χ4n) is 2.31. The van der Waals surface area contributed by atoms with Crippen molar-refractivity contribution in [2.45, 2.75) is 31.0 Å². The number of aliphatic imine (C=N–C) groups is 1. The van der Waals surface area contributed by atoms with Crippen molar-refractivity contribution in [3.8, 4) is 0 Å². The molecule has 2 fully saturated rings. The number of hydrogen-bond acceptors (Lipinski definition) is 4. The van der Waals surface area contributed by atoms with Gasteiger partial charge in [-0.2, -0.15) is 0 Å². The molecule has 4 nitrogen and oxygen atoms in total. The van der Waals surface area contributed by atoms with Crippen molar-refractivity contribution >= 4 is 5.90 Å². The average Bonchev–Trinajstić information content (AvgIpc) is 2.78. The molecule has 2 saturated heterocycles. The van der Waals surface area contributed by atoms with Gasteiger partial charge in [0.15, 0.2) is 0 Å². The number of hydrogen-bond donors (Lipinski definition) is 2. The highest BCUT2D eigenvalue weighted by molar-refractivity contribution is 5.84. The van der Waals surface area contributed by atoms with Crippen molar-refractivity contribution in [1.82, 2.24) is 10.6 Å². The number of rotatable bonds is 1.